The second-order valence-corrected chi connectivity index (χ2v) is 5.16. The van der Waals surface area contributed by atoms with Crippen LogP contribution in [0.3, 0.4) is 0 Å². The molecule has 20 heavy (non-hydrogen) atoms. The number of carbonyl (C=O) groups is 1. The summed E-state index contributed by atoms with van der Waals surface area (Å²) < 4.78 is 1.68. The number of hydrogen-bond acceptors (Lipinski definition) is 4. The lowest BCUT2D eigenvalue weighted by molar-refractivity contribution is -0.133. The molecule has 1 heterocycles. The summed E-state index contributed by atoms with van der Waals surface area (Å²) in [5.41, 5.74) is 0.897. The number of aliphatic carboxylic acids is 1. The minimum Gasteiger partial charge on any atom is -0.481 e. The van der Waals surface area contributed by atoms with E-state index in [-0.39, 0.29) is 5.75 Å². The molecule has 0 unspecified atom stereocenters. The van der Waals surface area contributed by atoms with E-state index in [9.17, 15) is 4.79 Å². The van der Waals surface area contributed by atoms with Crippen LogP contribution in [0.25, 0.3) is 16.5 Å². The lowest BCUT2D eigenvalue weighted by Crippen LogP contribution is -2.02. The number of carboxylic acids is 1. The summed E-state index contributed by atoms with van der Waals surface area (Å²) in [6, 6.07) is 13.9. The van der Waals surface area contributed by atoms with Gasteiger partial charge in [0.1, 0.15) is 5.03 Å². The van der Waals surface area contributed by atoms with Crippen molar-refractivity contribution < 1.29 is 9.90 Å². The predicted molar refractivity (Wildman–Crippen MR) is 77.2 cm³/mol. The second kappa shape index (κ2) is 5.34. The molecular weight excluding hydrogens is 274 g/mol. The average Bonchev–Trinajstić information content (AvgIpc) is 2.92. The number of hydrogen-bond donors (Lipinski definition) is 1. The lowest BCUT2D eigenvalue weighted by Gasteiger charge is -2.08. The van der Waals surface area contributed by atoms with E-state index in [2.05, 4.69) is 10.3 Å². The van der Waals surface area contributed by atoms with Crippen LogP contribution >= 0.6 is 11.8 Å². The Hall–Kier alpha value is -2.34. The maximum Gasteiger partial charge on any atom is 0.313 e. The van der Waals surface area contributed by atoms with Crippen molar-refractivity contribution in [3.05, 3.63) is 48.7 Å². The van der Waals surface area contributed by atoms with Crippen molar-refractivity contribution in [2.24, 2.45) is 0 Å². The summed E-state index contributed by atoms with van der Waals surface area (Å²) in [5, 5.41) is 19.6. The summed E-state index contributed by atoms with van der Waals surface area (Å²) in [6.45, 7) is 0. The summed E-state index contributed by atoms with van der Waals surface area (Å²) in [7, 11) is 0. The largest absolute Gasteiger partial charge is 0.481 e. The molecule has 0 saturated heterocycles. The van der Waals surface area contributed by atoms with E-state index in [0.29, 0.717) is 5.03 Å². The molecule has 0 bridgehead atoms. The fourth-order valence-corrected chi connectivity index (χ4v) is 2.67. The molecule has 0 saturated carbocycles. The fourth-order valence-electron chi connectivity index (χ4n) is 2.02. The maximum atomic E-state index is 10.7. The SMILES string of the molecule is O=C(O)CSc1cnnn1-c1cccc2ccccc12. The Labute approximate surface area is 119 Å². The standard InChI is InChI=1S/C14H11N3O2S/c18-14(19)9-20-13-8-15-16-17(13)12-7-3-5-10-4-1-2-6-11(10)12/h1-8H,9H2,(H,18,19). The molecular formula is C14H11N3O2S. The molecule has 1 N–H and O–H groups in total. The van der Waals surface area contributed by atoms with Gasteiger partial charge in [-0.1, -0.05) is 53.4 Å². The molecule has 0 atom stereocenters. The van der Waals surface area contributed by atoms with Gasteiger partial charge in [-0.25, -0.2) is 4.68 Å². The number of carboxylic acid groups (broad SMARTS) is 1. The number of rotatable bonds is 4. The molecule has 0 spiro atoms. The summed E-state index contributed by atoms with van der Waals surface area (Å²) >= 11 is 1.20. The quantitative estimate of drug-likeness (QED) is 0.746. The molecule has 100 valence electrons. The fraction of sp³-hybridized carbons (Fsp3) is 0.0714. The van der Waals surface area contributed by atoms with E-state index in [4.69, 9.17) is 5.11 Å². The van der Waals surface area contributed by atoms with Gasteiger partial charge in [-0.2, -0.15) is 0 Å². The number of fused-ring (bicyclic) bond motifs is 1. The molecule has 2 aromatic carbocycles. The molecule has 0 aliphatic rings. The molecule has 0 fully saturated rings. The Bertz CT molecular complexity index is 764. The van der Waals surface area contributed by atoms with Gasteiger partial charge < -0.3 is 5.11 Å². The van der Waals surface area contributed by atoms with Gasteiger partial charge in [0.15, 0.2) is 0 Å². The van der Waals surface area contributed by atoms with Gasteiger partial charge in [0.25, 0.3) is 0 Å². The zero-order chi connectivity index (χ0) is 13.9. The van der Waals surface area contributed by atoms with Crippen molar-refractivity contribution in [2.75, 3.05) is 5.75 Å². The maximum absolute atomic E-state index is 10.7. The van der Waals surface area contributed by atoms with Crippen LogP contribution in [0.1, 0.15) is 0 Å². The van der Waals surface area contributed by atoms with Crippen LogP contribution in [-0.2, 0) is 4.79 Å². The first-order chi connectivity index (χ1) is 9.75. The van der Waals surface area contributed by atoms with E-state index in [1.54, 1.807) is 10.9 Å². The van der Waals surface area contributed by atoms with Crippen molar-refractivity contribution in [1.82, 2.24) is 15.0 Å². The van der Waals surface area contributed by atoms with Gasteiger partial charge in [-0.15, -0.1) is 5.10 Å². The lowest BCUT2D eigenvalue weighted by atomic mass is 10.1. The zero-order valence-corrected chi connectivity index (χ0v) is 11.2. The van der Waals surface area contributed by atoms with Crippen LogP contribution in [-0.4, -0.2) is 31.8 Å². The predicted octanol–water partition coefficient (Wildman–Crippen LogP) is 2.60. The molecule has 0 radical (unpaired) electrons. The first-order valence-corrected chi connectivity index (χ1v) is 6.98. The van der Waals surface area contributed by atoms with Crippen LogP contribution < -0.4 is 0 Å². The van der Waals surface area contributed by atoms with E-state index < -0.39 is 5.97 Å². The van der Waals surface area contributed by atoms with Crippen LogP contribution in [0, 0.1) is 0 Å². The monoisotopic (exact) mass is 285 g/mol. The summed E-state index contributed by atoms with van der Waals surface area (Å²) in [4.78, 5) is 10.7. The number of nitrogens with zero attached hydrogens (tertiary/aromatic N) is 3. The Morgan fingerprint density at radius 1 is 1.20 bits per heavy atom. The third kappa shape index (κ3) is 2.37. The average molecular weight is 285 g/mol. The van der Waals surface area contributed by atoms with Crippen LogP contribution in [0.4, 0.5) is 0 Å². The first-order valence-electron chi connectivity index (χ1n) is 5.99. The Morgan fingerprint density at radius 3 is 2.85 bits per heavy atom. The first kappa shape index (κ1) is 12.7. The van der Waals surface area contributed by atoms with Gasteiger partial charge in [0.05, 0.1) is 17.6 Å². The van der Waals surface area contributed by atoms with E-state index >= 15 is 0 Å². The molecule has 3 rings (SSSR count). The topological polar surface area (TPSA) is 68.0 Å². The van der Waals surface area contributed by atoms with Gasteiger partial charge in [0, 0.05) is 5.39 Å². The zero-order valence-electron chi connectivity index (χ0n) is 10.4. The Balaban J connectivity index is 2.08. The molecule has 0 amide bonds. The van der Waals surface area contributed by atoms with Gasteiger partial charge in [-0.05, 0) is 11.5 Å². The third-order valence-electron chi connectivity index (χ3n) is 2.86. The second-order valence-electron chi connectivity index (χ2n) is 4.16. The summed E-state index contributed by atoms with van der Waals surface area (Å²) in [6.07, 6.45) is 1.58. The summed E-state index contributed by atoms with van der Waals surface area (Å²) in [5.74, 6) is -0.876. The molecule has 0 aliphatic carbocycles. The molecule has 5 nitrogen and oxygen atoms in total. The van der Waals surface area contributed by atoms with Gasteiger partial charge in [0.2, 0.25) is 0 Å². The van der Waals surface area contributed by atoms with Crippen molar-refractivity contribution in [3.63, 3.8) is 0 Å². The normalized spacial score (nSPS) is 10.8. The van der Waals surface area contributed by atoms with Crippen LogP contribution in [0.5, 0.6) is 0 Å². The highest BCUT2D eigenvalue weighted by atomic mass is 32.2. The third-order valence-corrected chi connectivity index (χ3v) is 3.82. The van der Waals surface area contributed by atoms with Crippen LogP contribution in [0.2, 0.25) is 0 Å². The van der Waals surface area contributed by atoms with Crippen molar-refractivity contribution in [3.8, 4) is 5.69 Å². The highest BCUT2D eigenvalue weighted by Crippen LogP contribution is 2.26. The highest BCUT2D eigenvalue weighted by Gasteiger charge is 2.11. The van der Waals surface area contributed by atoms with Crippen molar-refractivity contribution in [1.29, 1.82) is 0 Å². The van der Waals surface area contributed by atoms with E-state index in [0.717, 1.165) is 16.5 Å². The molecule has 0 aliphatic heterocycles. The van der Waals surface area contributed by atoms with Crippen molar-refractivity contribution >= 4 is 28.5 Å². The Morgan fingerprint density at radius 2 is 2.00 bits per heavy atom. The van der Waals surface area contributed by atoms with Gasteiger partial charge in [-0.3, -0.25) is 4.79 Å². The molecule has 3 aromatic rings. The van der Waals surface area contributed by atoms with Gasteiger partial charge >= 0.3 is 5.97 Å². The van der Waals surface area contributed by atoms with Crippen molar-refractivity contribution in [2.45, 2.75) is 5.03 Å². The minimum atomic E-state index is -0.860. The Kier molecular flexibility index (Phi) is 3.39. The molecule has 1 aromatic heterocycles. The smallest absolute Gasteiger partial charge is 0.313 e. The van der Waals surface area contributed by atoms with E-state index in [1.165, 1.54) is 11.8 Å². The highest BCUT2D eigenvalue weighted by molar-refractivity contribution is 7.99. The number of aromatic nitrogens is 3. The van der Waals surface area contributed by atoms with E-state index in [1.807, 2.05) is 42.5 Å². The number of thioether (sulfide) groups is 1. The van der Waals surface area contributed by atoms with Crippen LogP contribution in [0.15, 0.2) is 53.7 Å². The molecule has 6 heteroatoms. The number of benzene rings is 2. The minimum absolute atomic E-state index is 0.0157.